The number of halogens is 1. The van der Waals surface area contributed by atoms with Gasteiger partial charge in [0, 0.05) is 46.3 Å². The molecule has 32 heavy (non-hydrogen) atoms. The highest BCUT2D eigenvalue weighted by atomic mass is 127. The highest BCUT2D eigenvalue weighted by molar-refractivity contribution is 14.0. The molecular weight excluding hydrogens is 513 g/mol. The predicted molar refractivity (Wildman–Crippen MR) is 144 cm³/mol. The standard InChI is InChI=1S/C25H41N5O.HI/c1-5-26-24(27-19-25(13-6-7-14-25)23(31)29(3)4)28-22-11-15-30(16-12-22)18-21-10-8-9-20(2)17-21;/h8-10,17,22H,5-7,11-16,18-19H2,1-4H3,(H2,26,27,28);1H. The van der Waals surface area contributed by atoms with Crippen molar-refractivity contribution in [3.63, 3.8) is 0 Å². The summed E-state index contributed by atoms with van der Waals surface area (Å²) in [5.74, 6) is 1.09. The average molecular weight is 556 g/mol. The Morgan fingerprint density at radius 3 is 2.50 bits per heavy atom. The summed E-state index contributed by atoms with van der Waals surface area (Å²) in [6, 6.07) is 9.24. The minimum Gasteiger partial charge on any atom is -0.357 e. The summed E-state index contributed by atoms with van der Waals surface area (Å²) in [6.45, 7) is 8.86. The normalized spacial score (nSPS) is 19.3. The van der Waals surface area contributed by atoms with Crippen LogP contribution in [0.15, 0.2) is 29.3 Å². The van der Waals surface area contributed by atoms with Crippen molar-refractivity contribution in [1.29, 1.82) is 0 Å². The summed E-state index contributed by atoms with van der Waals surface area (Å²) >= 11 is 0. The number of guanidine groups is 1. The van der Waals surface area contributed by atoms with E-state index in [4.69, 9.17) is 4.99 Å². The maximum Gasteiger partial charge on any atom is 0.230 e. The molecule has 0 bridgehead atoms. The second-order valence-corrected chi connectivity index (χ2v) is 9.57. The smallest absolute Gasteiger partial charge is 0.230 e. The Balaban J connectivity index is 0.00000363. The van der Waals surface area contributed by atoms with Gasteiger partial charge in [0.1, 0.15) is 0 Å². The Kier molecular flexibility index (Phi) is 10.7. The van der Waals surface area contributed by atoms with E-state index in [1.807, 2.05) is 14.1 Å². The summed E-state index contributed by atoms with van der Waals surface area (Å²) in [7, 11) is 3.72. The van der Waals surface area contributed by atoms with Crippen LogP contribution in [0.4, 0.5) is 0 Å². The molecule has 1 aromatic rings. The minimum atomic E-state index is -0.316. The Labute approximate surface area is 211 Å². The molecule has 0 unspecified atom stereocenters. The third kappa shape index (κ3) is 7.33. The Morgan fingerprint density at radius 1 is 1.22 bits per heavy atom. The maximum absolute atomic E-state index is 12.8. The number of benzene rings is 1. The van der Waals surface area contributed by atoms with Gasteiger partial charge in [0.15, 0.2) is 5.96 Å². The molecule has 3 rings (SSSR count). The SMILES string of the molecule is CCNC(=NCC1(C(=O)N(C)C)CCCC1)NC1CCN(Cc2cccc(C)c2)CC1.I. The lowest BCUT2D eigenvalue weighted by atomic mass is 9.85. The first-order chi connectivity index (χ1) is 14.9. The zero-order valence-corrected chi connectivity index (χ0v) is 22.7. The van der Waals surface area contributed by atoms with Crippen LogP contribution in [-0.2, 0) is 11.3 Å². The first kappa shape index (κ1) is 26.9. The van der Waals surface area contributed by atoms with Crippen LogP contribution < -0.4 is 10.6 Å². The molecule has 0 aromatic heterocycles. The molecule has 1 aromatic carbocycles. The van der Waals surface area contributed by atoms with E-state index in [1.54, 1.807) is 4.90 Å². The molecule has 1 heterocycles. The highest BCUT2D eigenvalue weighted by Crippen LogP contribution is 2.39. The van der Waals surface area contributed by atoms with E-state index in [0.717, 1.165) is 70.7 Å². The van der Waals surface area contributed by atoms with Crippen molar-refractivity contribution in [2.75, 3.05) is 40.3 Å². The lowest BCUT2D eigenvalue weighted by Gasteiger charge is -2.33. The van der Waals surface area contributed by atoms with Crippen molar-refractivity contribution in [1.82, 2.24) is 20.4 Å². The zero-order chi connectivity index (χ0) is 22.3. The van der Waals surface area contributed by atoms with Gasteiger partial charge in [0.05, 0.1) is 12.0 Å². The molecule has 1 aliphatic carbocycles. The van der Waals surface area contributed by atoms with Crippen LogP contribution >= 0.6 is 24.0 Å². The Morgan fingerprint density at radius 2 is 1.91 bits per heavy atom. The number of hydrogen-bond acceptors (Lipinski definition) is 3. The second-order valence-electron chi connectivity index (χ2n) is 9.57. The van der Waals surface area contributed by atoms with Crippen LogP contribution in [0.3, 0.4) is 0 Å². The van der Waals surface area contributed by atoms with Crippen LogP contribution in [0.25, 0.3) is 0 Å². The summed E-state index contributed by atoms with van der Waals surface area (Å²) in [4.78, 5) is 22.0. The third-order valence-corrected chi connectivity index (χ3v) is 6.72. The molecule has 1 aliphatic heterocycles. The van der Waals surface area contributed by atoms with Crippen LogP contribution in [0.5, 0.6) is 0 Å². The number of rotatable bonds is 7. The van der Waals surface area contributed by atoms with Gasteiger partial charge in [-0.3, -0.25) is 14.7 Å². The molecule has 0 atom stereocenters. The zero-order valence-electron chi connectivity index (χ0n) is 20.3. The molecule has 0 radical (unpaired) electrons. The summed E-state index contributed by atoms with van der Waals surface area (Å²) in [6.07, 6.45) is 6.36. The van der Waals surface area contributed by atoms with Crippen LogP contribution in [-0.4, -0.2) is 68.0 Å². The third-order valence-electron chi connectivity index (χ3n) is 6.72. The number of hydrogen-bond donors (Lipinski definition) is 2. The van der Waals surface area contributed by atoms with Gasteiger partial charge in [0.25, 0.3) is 0 Å². The first-order valence-corrected chi connectivity index (χ1v) is 12.0. The summed E-state index contributed by atoms with van der Waals surface area (Å²) in [5, 5.41) is 7.04. The highest BCUT2D eigenvalue weighted by Gasteiger charge is 2.42. The van der Waals surface area contributed by atoms with Crippen LogP contribution in [0.1, 0.15) is 56.6 Å². The van der Waals surface area contributed by atoms with Gasteiger partial charge in [-0.05, 0) is 45.1 Å². The van der Waals surface area contributed by atoms with Crippen molar-refractivity contribution in [2.45, 2.75) is 65.0 Å². The number of aliphatic imine (C=N–C) groups is 1. The number of aryl methyl sites for hydroxylation is 1. The van der Waals surface area contributed by atoms with Gasteiger partial charge in [-0.15, -0.1) is 24.0 Å². The topological polar surface area (TPSA) is 60.0 Å². The van der Waals surface area contributed by atoms with E-state index in [1.165, 1.54) is 11.1 Å². The molecule has 6 nitrogen and oxygen atoms in total. The lowest BCUT2D eigenvalue weighted by Crippen LogP contribution is -2.49. The quantitative estimate of drug-likeness (QED) is 0.306. The monoisotopic (exact) mass is 555 g/mol. The fraction of sp³-hybridized carbons (Fsp3) is 0.680. The van der Waals surface area contributed by atoms with Gasteiger partial charge in [0.2, 0.25) is 5.91 Å². The van der Waals surface area contributed by atoms with Gasteiger partial charge in [-0.1, -0.05) is 42.7 Å². The van der Waals surface area contributed by atoms with Gasteiger partial charge < -0.3 is 15.5 Å². The summed E-state index contributed by atoms with van der Waals surface area (Å²) < 4.78 is 0. The molecule has 1 saturated heterocycles. The number of nitrogens with zero attached hydrogens (tertiary/aromatic N) is 3. The Bertz CT molecular complexity index is 752. The number of nitrogens with one attached hydrogen (secondary N) is 2. The number of carbonyl (C=O) groups is 1. The summed E-state index contributed by atoms with van der Waals surface area (Å²) in [5.41, 5.74) is 2.41. The van der Waals surface area contributed by atoms with E-state index in [2.05, 4.69) is 53.6 Å². The van der Waals surface area contributed by atoms with E-state index in [9.17, 15) is 4.79 Å². The predicted octanol–water partition coefficient (Wildman–Crippen LogP) is 3.78. The molecule has 2 aliphatic rings. The average Bonchev–Trinajstić information content (AvgIpc) is 3.23. The lowest BCUT2D eigenvalue weighted by molar-refractivity contribution is -0.138. The number of carbonyl (C=O) groups excluding carboxylic acids is 1. The Hall–Kier alpha value is -1.35. The maximum atomic E-state index is 12.8. The van der Waals surface area contributed by atoms with Crippen LogP contribution in [0.2, 0.25) is 0 Å². The molecule has 180 valence electrons. The van der Waals surface area contributed by atoms with Gasteiger partial charge in [-0.25, -0.2) is 0 Å². The molecule has 2 fully saturated rings. The molecule has 1 amide bonds. The number of amides is 1. The fourth-order valence-electron chi connectivity index (χ4n) is 5.01. The van der Waals surface area contributed by atoms with E-state index in [0.29, 0.717) is 12.6 Å². The molecule has 0 spiro atoms. The van der Waals surface area contributed by atoms with Crippen molar-refractivity contribution in [3.05, 3.63) is 35.4 Å². The molecule has 1 saturated carbocycles. The second kappa shape index (κ2) is 12.8. The largest absolute Gasteiger partial charge is 0.357 e. The van der Waals surface area contributed by atoms with Gasteiger partial charge in [-0.2, -0.15) is 0 Å². The van der Waals surface area contributed by atoms with Crippen LogP contribution in [0, 0.1) is 12.3 Å². The molecule has 7 heteroatoms. The molecule has 2 N–H and O–H groups in total. The van der Waals surface area contributed by atoms with E-state index >= 15 is 0 Å². The molecular formula is C25H42IN5O. The van der Waals surface area contributed by atoms with E-state index < -0.39 is 0 Å². The number of piperidine rings is 1. The van der Waals surface area contributed by atoms with Crippen molar-refractivity contribution in [2.24, 2.45) is 10.4 Å². The van der Waals surface area contributed by atoms with Crippen molar-refractivity contribution >= 4 is 35.8 Å². The minimum absolute atomic E-state index is 0. The first-order valence-electron chi connectivity index (χ1n) is 12.0. The fourth-order valence-corrected chi connectivity index (χ4v) is 5.01. The van der Waals surface area contributed by atoms with Crippen molar-refractivity contribution in [3.8, 4) is 0 Å². The number of likely N-dealkylation sites (tertiary alicyclic amines) is 1. The van der Waals surface area contributed by atoms with Gasteiger partial charge >= 0.3 is 0 Å². The van der Waals surface area contributed by atoms with Crippen molar-refractivity contribution < 1.29 is 4.79 Å². The van der Waals surface area contributed by atoms with E-state index in [-0.39, 0.29) is 35.3 Å².